The molecule has 0 spiro atoms. The fraction of sp³-hybridized carbons (Fsp3) is 0.333. The number of fused-ring (bicyclic) bond motifs is 1. The predicted molar refractivity (Wildman–Crippen MR) is 74.1 cm³/mol. The van der Waals surface area contributed by atoms with Crippen LogP contribution in [0.5, 0.6) is 0 Å². The zero-order valence-electron chi connectivity index (χ0n) is 10.6. The maximum atomic E-state index is 4.58. The summed E-state index contributed by atoms with van der Waals surface area (Å²) >= 11 is 1.59. The van der Waals surface area contributed by atoms with Crippen LogP contribution in [0.4, 0.5) is 0 Å². The number of nitrogens with zero attached hydrogens (tertiary/aromatic N) is 5. The van der Waals surface area contributed by atoms with E-state index < -0.39 is 0 Å². The van der Waals surface area contributed by atoms with Crippen LogP contribution in [-0.2, 0) is 6.42 Å². The Balaban J connectivity index is 1.90. The molecular weight excluding hydrogens is 260 g/mol. The average Bonchev–Trinajstić information content (AvgIpc) is 3.00. The molecule has 0 aliphatic heterocycles. The number of aryl methyl sites for hydroxylation is 1. The molecule has 3 aromatic rings. The molecule has 0 saturated carbocycles. The number of aromatic nitrogens is 5. The lowest BCUT2D eigenvalue weighted by molar-refractivity contribution is 0.714. The van der Waals surface area contributed by atoms with Crippen LogP contribution in [0.1, 0.15) is 11.4 Å². The third-order valence-electron chi connectivity index (χ3n) is 2.77. The first-order chi connectivity index (χ1) is 9.38. The van der Waals surface area contributed by atoms with Gasteiger partial charge in [-0.2, -0.15) is 9.61 Å². The van der Waals surface area contributed by atoms with Gasteiger partial charge in [-0.15, -0.1) is 10.2 Å². The van der Waals surface area contributed by atoms with E-state index in [1.807, 2.05) is 19.2 Å². The first-order valence-electron chi connectivity index (χ1n) is 6.14. The molecule has 0 aliphatic carbocycles. The maximum absolute atomic E-state index is 4.58. The second-order valence-electron chi connectivity index (χ2n) is 4.16. The Hall–Kier alpha value is -1.86. The van der Waals surface area contributed by atoms with E-state index in [1.165, 1.54) is 0 Å². The molecule has 1 N–H and O–H groups in total. The lowest BCUT2D eigenvalue weighted by Gasteiger charge is -1.96. The van der Waals surface area contributed by atoms with Gasteiger partial charge in [-0.05, 0) is 32.1 Å². The monoisotopic (exact) mass is 274 g/mol. The van der Waals surface area contributed by atoms with Crippen LogP contribution in [0.25, 0.3) is 16.3 Å². The Morgan fingerprint density at radius 2 is 2.32 bits per heavy atom. The summed E-state index contributed by atoms with van der Waals surface area (Å²) in [6, 6.07) is 3.85. The summed E-state index contributed by atoms with van der Waals surface area (Å²) in [6.45, 7) is 0.996. The third-order valence-corrected chi connectivity index (χ3v) is 3.73. The van der Waals surface area contributed by atoms with Crippen LogP contribution >= 0.6 is 11.3 Å². The zero-order chi connectivity index (χ0) is 13.1. The van der Waals surface area contributed by atoms with Crippen molar-refractivity contribution >= 4 is 16.3 Å². The van der Waals surface area contributed by atoms with E-state index in [0.717, 1.165) is 40.7 Å². The summed E-state index contributed by atoms with van der Waals surface area (Å²) in [7, 11) is 1.96. The van der Waals surface area contributed by atoms with Crippen molar-refractivity contribution in [3.05, 3.63) is 29.5 Å². The fourth-order valence-electron chi connectivity index (χ4n) is 1.85. The highest BCUT2D eigenvalue weighted by molar-refractivity contribution is 7.16. The van der Waals surface area contributed by atoms with E-state index >= 15 is 0 Å². The topological polar surface area (TPSA) is 68.0 Å². The van der Waals surface area contributed by atoms with Crippen molar-refractivity contribution in [3.8, 4) is 11.4 Å². The van der Waals surface area contributed by atoms with Crippen LogP contribution in [0.2, 0.25) is 0 Å². The maximum Gasteiger partial charge on any atom is 0.234 e. The Morgan fingerprint density at radius 3 is 3.11 bits per heavy atom. The molecule has 6 nitrogen and oxygen atoms in total. The lowest BCUT2D eigenvalue weighted by Crippen LogP contribution is -2.08. The number of hydrogen-bond donors (Lipinski definition) is 1. The highest BCUT2D eigenvalue weighted by atomic mass is 32.1. The quantitative estimate of drug-likeness (QED) is 0.712. The van der Waals surface area contributed by atoms with Crippen molar-refractivity contribution in [2.75, 3.05) is 13.6 Å². The van der Waals surface area contributed by atoms with Gasteiger partial charge in [-0.1, -0.05) is 11.3 Å². The molecule has 0 radical (unpaired) electrons. The Morgan fingerprint density at radius 1 is 1.37 bits per heavy atom. The van der Waals surface area contributed by atoms with Gasteiger partial charge >= 0.3 is 0 Å². The van der Waals surface area contributed by atoms with E-state index in [0.29, 0.717) is 0 Å². The lowest BCUT2D eigenvalue weighted by atomic mass is 10.3. The number of nitrogens with one attached hydrogen (secondary N) is 1. The molecule has 3 heterocycles. The molecular formula is C12H14N6S. The minimum Gasteiger partial charge on any atom is -0.320 e. The van der Waals surface area contributed by atoms with Crippen LogP contribution in [0.3, 0.4) is 0 Å². The van der Waals surface area contributed by atoms with Gasteiger partial charge in [-0.3, -0.25) is 4.98 Å². The number of rotatable bonds is 5. The predicted octanol–water partition coefficient (Wildman–Crippen LogP) is 1.40. The Kier molecular flexibility index (Phi) is 3.47. The Bertz CT molecular complexity index is 659. The van der Waals surface area contributed by atoms with Crippen molar-refractivity contribution in [2.24, 2.45) is 0 Å². The molecule has 7 heteroatoms. The fourth-order valence-corrected chi connectivity index (χ4v) is 2.72. The summed E-state index contributed by atoms with van der Waals surface area (Å²) < 4.78 is 1.80. The second-order valence-corrected chi connectivity index (χ2v) is 5.20. The number of hydrogen-bond acceptors (Lipinski definition) is 6. The molecule has 0 bridgehead atoms. The molecule has 3 rings (SSSR count). The SMILES string of the molecule is CNCCCc1nn2c(-c3cccnc3)nnc2s1. The largest absolute Gasteiger partial charge is 0.320 e. The van der Waals surface area contributed by atoms with E-state index in [4.69, 9.17) is 0 Å². The van der Waals surface area contributed by atoms with Crippen LogP contribution < -0.4 is 5.32 Å². The molecule has 0 aromatic carbocycles. The van der Waals surface area contributed by atoms with Crippen LogP contribution in [-0.4, -0.2) is 38.4 Å². The van der Waals surface area contributed by atoms with Gasteiger partial charge < -0.3 is 5.32 Å². The van der Waals surface area contributed by atoms with Gasteiger partial charge in [0.15, 0.2) is 5.82 Å². The van der Waals surface area contributed by atoms with E-state index in [-0.39, 0.29) is 0 Å². The number of pyridine rings is 1. The molecule has 98 valence electrons. The zero-order valence-corrected chi connectivity index (χ0v) is 11.4. The van der Waals surface area contributed by atoms with E-state index in [9.17, 15) is 0 Å². The van der Waals surface area contributed by atoms with Crippen LogP contribution in [0.15, 0.2) is 24.5 Å². The summed E-state index contributed by atoms with van der Waals surface area (Å²) in [5.41, 5.74) is 0.932. The van der Waals surface area contributed by atoms with E-state index in [2.05, 4.69) is 25.6 Å². The average molecular weight is 274 g/mol. The van der Waals surface area contributed by atoms with E-state index in [1.54, 1.807) is 28.2 Å². The Labute approximate surface area is 114 Å². The highest BCUT2D eigenvalue weighted by Crippen LogP contribution is 2.21. The van der Waals surface area contributed by atoms with Gasteiger partial charge in [0.2, 0.25) is 4.96 Å². The molecule has 0 saturated heterocycles. The first kappa shape index (κ1) is 12.2. The van der Waals surface area contributed by atoms with Crippen LogP contribution in [0, 0.1) is 0 Å². The molecule has 0 atom stereocenters. The molecule has 0 unspecified atom stereocenters. The summed E-state index contributed by atoms with van der Waals surface area (Å²) in [6.07, 6.45) is 5.55. The van der Waals surface area contributed by atoms with Gasteiger partial charge in [0.1, 0.15) is 5.01 Å². The van der Waals surface area contributed by atoms with Gasteiger partial charge in [0.25, 0.3) is 0 Å². The first-order valence-corrected chi connectivity index (χ1v) is 6.96. The minimum atomic E-state index is 0.749. The molecule has 19 heavy (non-hydrogen) atoms. The summed E-state index contributed by atoms with van der Waals surface area (Å²) in [5.74, 6) is 0.749. The normalized spacial score (nSPS) is 11.2. The molecule has 0 fully saturated rings. The van der Waals surface area contributed by atoms with Crippen molar-refractivity contribution in [1.29, 1.82) is 0 Å². The third kappa shape index (κ3) is 2.47. The minimum absolute atomic E-state index is 0.749. The molecule has 0 aliphatic rings. The standard InChI is InChI=1S/C12H14N6S/c1-13-6-3-5-10-17-18-11(15-16-12(18)19-10)9-4-2-7-14-8-9/h2,4,7-8,13H,3,5-6H2,1H3. The molecule has 3 aromatic heterocycles. The van der Waals surface area contributed by atoms with Gasteiger partial charge in [0, 0.05) is 24.4 Å². The summed E-state index contributed by atoms with van der Waals surface area (Å²) in [5, 5.41) is 17.1. The highest BCUT2D eigenvalue weighted by Gasteiger charge is 2.12. The summed E-state index contributed by atoms with van der Waals surface area (Å²) in [4.78, 5) is 4.93. The van der Waals surface area contributed by atoms with Gasteiger partial charge in [0.05, 0.1) is 0 Å². The van der Waals surface area contributed by atoms with Crippen molar-refractivity contribution in [2.45, 2.75) is 12.8 Å². The van der Waals surface area contributed by atoms with Crippen molar-refractivity contribution < 1.29 is 0 Å². The molecule has 0 amide bonds. The second kappa shape index (κ2) is 5.41. The van der Waals surface area contributed by atoms with Crippen molar-refractivity contribution in [1.82, 2.24) is 30.1 Å². The van der Waals surface area contributed by atoms with Gasteiger partial charge in [-0.25, -0.2) is 0 Å². The van der Waals surface area contributed by atoms with Crippen molar-refractivity contribution in [3.63, 3.8) is 0 Å². The smallest absolute Gasteiger partial charge is 0.234 e.